The number of fused-ring (bicyclic) bond motifs is 2. The molecule has 0 amide bonds. The zero-order chi connectivity index (χ0) is 44.5. The average Bonchev–Trinajstić information content (AvgIpc) is 3.86. The summed E-state index contributed by atoms with van der Waals surface area (Å²) in [7, 11) is 18.5. The Morgan fingerprint density at radius 1 is 0.452 bits per heavy atom. The van der Waals surface area contributed by atoms with Crippen molar-refractivity contribution in [3.63, 3.8) is 0 Å². The maximum absolute atomic E-state index is 9.23. The molecule has 0 saturated heterocycles. The van der Waals surface area contributed by atoms with E-state index in [1.165, 1.54) is 89.0 Å². The van der Waals surface area contributed by atoms with Crippen LogP contribution in [0.3, 0.4) is 0 Å². The van der Waals surface area contributed by atoms with Crippen molar-refractivity contribution in [1.29, 1.82) is 0 Å². The molecule has 6 aromatic carbocycles. The SMILES string of the molecule is CC(C)c1ccccc1-c1c(-c2ccccc2)ccc2c1C=C(C(C)(C)C)[CH]2[Zr]([Cl])([Cl])([CH]1C(C(C)(C)C)=Cc2c1ccc(-c1ccccc1)c2-c1ccccc1C(C)C)[SiH](C)C. The maximum atomic E-state index is 9.23. The molecule has 319 valence electrons. The number of hydrogen-bond acceptors (Lipinski definition) is 0. The molecule has 6 aromatic rings. The number of hydrogen-bond donors (Lipinski definition) is 0. The van der Waals surface area contributed by atoms with Crippen LogP contribution >= 0.6 is 17.0 Å². The van der Waals surface area contributed by atoms with Crippen molar-refractivity contribution in [3.8, 4) is 44.5 Å². The molecule has 2 unspecified atom stereocenters. The van der Waals surface area contributed by atoms with Crippen LogP contribution in [-0.4, -0.2) is 5.92 Å². The summed E-state index contributed by atoms with van der Waals surface area (Å²) in [6, 6.07) is 49.7. The standard InChI is InChI=1S/2C28H29.C2H7Si.2ClH.Zr/c2*1-19(2)23-13-9-10-14-25(23)27-24(20-11-7-6-8-12-20)16-15-21-17-22(18-26(21)27)28(3,4)5;1-3-2;;;/h2*6-19H,1-5H3;3H,1-2H3;2*1H;/q;;;;;+2/p-2. The van der Waals surface area contributed by atoms with Crippen molar-refractivity contribution in [1.82, 2.24) is 0 Å². The van der Waals surface area contributed by atoms with Gasteiger partial charge in [-0.1, -0.05) is 0 Å². The first-order chi connectivity index (χ1) is 29.2. The zero-order valence-electron chi connectivity index (χ0n) is 39.0. The molecule has 0 aliphatic heterocycles. The Labute approximate surface area is 382 Å². The predicted octanol–water partition coefficient (Wildman–Crippen LogP) is 18.3. The number of allylic oxidation sites excluding steroid dienone is 2. The fourth-order valence-electron chi connectivity index (χ4n) is 11.0. The Hall–Kier alpha value is -3.52. The zero-order valence-corrected chi connectivity index (χ0v) is 44.1. The Morgan fingerprint density at radius 3 is 1.11 bits per heavy atom. The van der Waals surface area contributed by atoms with Gasteiger partial charge in [0.1, 0.15) is 0 Å². The number of benzene rings is 6. The molecule has 0 saturated carbocycles. The summed E-state index contributed by atoms with van der Waals surface area (Å²) in [5.41, 5.74) is 20.6. The molecule has 2 aliphatic rings. The quantitative estimate of drug-likeness (QED) is 0.127. The van der Waals surface area contributed by atoms with Crippen LogP contribution in [0.2, 0.25) is 13.1 Å². The van der Waals surface area contributed by atoms with E-state index in [1.54, 1.807) is 0 Å². The van der Waals surface area contributed by atoms with Crippen LogP contribution in [0.5, 0.6) is 0 Å². The molecule has 0 N–H and O–H groups in total. The Bertz CT molecular complexity index is 2540. The third kappa shape index (κ3) is 7.48. The Kier molecular flexibility index (Phi) is 12.0. The normalized spacial score (nSPS) is 17.2. The van der Waals surface area contributed by atoms with E-state index in [-0.39, 0.29) is 18.1 Å². The minimum atomic E-state index is -5.29. The predicted molar refractivity (Wildman–Crippen MR) is 274 cm³/mol. The van der Waals surface area contributed by atoms with Gasteiger partial charge in [-0.15, -0.1) is 0 Å². The van der Waals surface area contributed by atoms with Gasteiger partial charge in [-0.2, -0.15) is 0 Å². The van der Waals surface area contributed by atoms with Gasteiger partial charge in [0.25, 0.3) is 0 Å². The van der Waals surface area contributed by atoms with Crippen LogP contribution in [0.4, 0.5) is 0 Å². The summed E-state index contributed by atoms with van der Waals surface area (Å²) in [5.74, 6) is -1.17. The molecule has 2 aliphatic carbocycles. The van der Waals surface area contributed by atoms with E-state index < -0.39 is 21.5 Å². The summed E-state index contributed by atoms with van der Waals surface area (Å²) in [5, 5.41) is 0. The number of halogens is 2. The van der Waals surface area contributed by atoms with Crippen molar-refractivity contribution < 1.29 is 15.6 Å². The van der Waals surface area contributed by atoms with Crippen LogP contribution in [0.1, 0.15) is 122 Å². The van der Waals surface area contributed by atoms with Gasteiger partial charge in [-0.25, -0.2) is 0 Å². The van der Waals surface area contributed by atoms with Crippen molar-refractivity contribution in [2.24, 2.45) is 10.8 Å². The fraction of sp³-hybridized carbons (Fsp3) is 0.310. The third-order valence-electron chi connectivity index (χ3n) is 14.2. The van der Waals surface area contributed by atoms with E-state index in [0.29, 0.717) is 11.8 Å². The molecule has 0 bridgehead atoms. The van der Waals surface area contributed by atoms with Crippen molar-refractivity contribution in [3.05, 3.63) is 178 Å². The molecule has 0 radical (unpaired) electrons. The molecule has 0 aromatic heterocycles. The second kappa shape index (κ2) is 16.5. The van der Waals surface area contributed by atoms with Gasteiger partial charge < -0.3 is 0 Å². The molecule has 62 heavy (non-hydrogen) atoms. The summed E-state index contributed by atoms with van der Waals surface area (Å²) in [6.45, 7) is 28.6. The second-order valence-corrected chi connectivity index (χ2v) is 63.7. The van der Waals surface area contributed by atoms with E-state index in [9.17, 15) is 17.0 Å². The van der Waals surface area contributed by atoms with Gasteiger partial charge in [-0.3, -0.25) is 0 Å². The third-order valence-corrected chi connectivity index (χ3v) is 65.8. The molecular formula is C58H65Cl2SiZr. The van der Waals surface area contributed by atoms with Crippen LogP contribution in [-0.2, 0) is 15.6 Å². The van der Waals surface area contributed by atoms with E-state index in [4.69, 9.17) is 0 Å². The molecule has 8 rings (SSSR count). The minimum absolute atomic E-state index is 0.0573. The summed E-state index contributed by atoms with van der Waals surface area (Å²) < 4.78 is -0.115. The average molecular weight is 952 g/mol. The van der Waals surface area contributed by atoms with Gasteiger partial charge >= 0.3 is 385 Å². The Balaban J connectivity index is 1.48. The first-order valence-electron chi connectivity index (χ1n) is 22.9. The van der Waals surface area contributed by atoms with Crippen LogP contribution < -0.4 is 0 Å². The number of rotatable bonds is 9. The van der Waals surface area contributed by atoms with Gasteiger partial charge in [0.05, 0.1) is 0 Å². The van der Waals surface area contributed by atoms with Gasteiger partial charge in [0, 0.05) is 0 Å². The van der Waals surface area contributed by atoms with Crippen molar-refractivity contribution in [2.45, 2.75) is 101 Å². The van der Waals surface area contributed by atoms with Crippen LogP contribution in [0.25, 0.3) is 56.7 Å². The first kappa shape index (κ1) is 45.1. The molecule has 0 spiro atoms. The van der Waals surface area contributed by atoms with Gasteiger partial charge in [-0.05, 0) is 0 Å². The van der Waals surface area contributed by atoms with E-state index >= 15 is 0 Å². The first-order valence-corrected chi connectivity index (χ1v) is 39.2. The van der Waals surface area contributed by atoms with Crippen molar-refractivity contribution >= 4 is 35.1 Å². The van der Waals surface area contributed by atoms with Crippen LogP contribution in [0, 0.1) is 10.8 Å². The molecule has 0 nitrogen and oxygen atoms in total. The molecule has 2 atom stereocenters. The topological polar surface area (TPSA) is 0 Å². The van der Waals surface area contributed by atoms with Crippen LogP contribution in [0.15, 0.2) is 145 Å². The van der Waals surface area contributed by atoms with E-state index in [1.807, 2.05) is 0 Å². The fourth-order valence-corrected chi connectivity index (χ4v) is 42.4. The molecular weight excluding hydrogens is 887 g/mol. The summed E-state index contributed by atoms with van der Waals surface area (Å²) >= 11 is -5.29. The second-order valence-electron chi connectivity index (χ2n) is 21.1. The molecule has 0 heterocycles. The van der Waals surface area contributed by atoms with Gasteiger partial charge in [0.15, 0.2) is 0 Å². The summed E-state index contributed by atoms with van der Waals surface area (Å²) in [4.78, 5) is 0. The van der Waals surface area contributed by atoms with Crippen molar-refractivity contribution in [2.75, 3.05) is 0 Å². The molecule has 4 heteroatoms. The van der Waals surface area contributed by atoms with E-state index in [2.05, 4.69) is 228 Å². The summed E-state index contributed by atoms with van der Waals surface area (Å²) in [6.07, 6.45) is 5.12. The Morgan fingerprint density at radius 2 is 0.790 bits per heavy atom. The molecule has 0 fully saturated rings. The monoisotopic (exact) mass is 949 g/mol. The van der Waals surface area contributed by atoms with Gasteiger partial charge in [0.2, 0.25) is 0 Å². The van der Waals surface area contributed by atoms with E-state index in [0.717, 1.165) is 0 Å².